The van der Waals surface area contributed by atoms with Crippen molar-refractivity contribution < 1.29 is 14.3 Å². The van der Waals surface area contributed by atoms with Gasteiger partial charge in [-0.15, -0.1) is 0 Å². The van der Waals surface area contributed by atoms with Crippen LogP contribution in [0.5, 0.6) is 0 Å². The molecule has 2 aromatic rings. The molecule has 0 bridgehead atoms. The molecule has 1 N–H and O–H groups in total. The van der Waals surface area contributed by atoms with Crippen molar-refractivity contribution in [1.29, 1.82) is 0 Å². The molecule has 110 valence electrons. The van der Waals surface area contributed by atoms with Gasteiger partial charge in [0.25, 0.3) is 0 Å². The van der Waals surface area contributed by atoms with Gasteiger partial charge in [0.2, 0.25) is 5.13 Å². The number of hydrogen-bond acceptors (Lipinski definition) is 7. The number of nitrogens with zero attached hydrogens (tertiary/aromatic N) is 2. The van der Waals surface area contributed by atoms with Crippen molar-refractivity contribution >= 4 is 34.1 Å². The van der Waals surface area contributed by atoms with E-state index in [-0.39, 0.29) is 18.2 Å². The highest BCUT2D eigenvalue weighted by molar-refractivity contribution is 7.09. The zero-order valence-corrected chi connectivity index (χ0v) is 12.6. The van der Waals surface area contributed by atoms with Crippen LogP contribution in [0.4, 0.5) is 10.8 Å². The zero-order chi connectivity index (χ0) is 15.2. The van der Waals surface area contributed by atoms with Gasteiger partial charge >= 0.3 is 5.97 Å². The maximum atomic E-state index is 11.5. The van der Waals surface area contributed by atoms with Crippen LogP contribution in [0.25, 0.3) is 0 Å². The lowest BCUT2D eigenvalue weighted by molar-refractivity contribution is -0.116. The second kappa shape index (κ2) is 6.94. The van der Waals surface area contributed by atoms with Gasteiger partial charge in [0.05, 0.1) is 18.6 Å². The molecule has 1 heterocycles. The van der Waals surface area contributed by atoms with Gasteiger partial charge in [0.15, 0.2) is 5.82 Å². The third kappa shape index (κ3) is 4.35. The molecule has 7 heteroatoms. The normalized spacial score (nSPS) is 10.2. The first-order chi connectivity index (χ1) is 10.1. The van der Waals surface area contributed by atoms with E-state index in [1.165, 1.54) is 18.5 Å². The van der Waals surface area contributed by atoms with Crippen molar-refractivity contribution in [3.8, 4) is 0 Å². The fraction of sp³-hybridized carbons (Fsp3) is 0.286. The molecule has 2 rings (SSSR count). The van der Waals surface area contributed by atoms with Crippen LogP contribution in [0.1, 0.15) is 30.0 Å². The summed E-state index contributed by atoms with van der Waals surface area (Å²) < 4.78 is 9.01. The zero-order valence-electron chi connectivity index (χ0n) is 11.8. The van der Waals surface area contributed by atoms with Crippen LogP contribution in [0.2, 0.25) is 0 Å². The standard InChI is InChI=1S/C14H15N3O3S/c1-3-20-13(19)10-4-6-11(7-5-10)15-14-16-12(17-21-14)8-9(2)18/h4-7H,3,8H2,1-2H3,(H,15,16,17). The number of anilines is 2. The summed E-state index contributed by atoms with van der Waals surface area (Å²) in [5, 5.41) is 3.68. The lowest BCUT2D eigenvalue weighted by Gasteiger charge is -2.04. The summed E-state index contributed by atoms with van der Waals surface area (Å²) in [4.78, 5) is 26.7. The Morgan fingerprint density at radius 2 is 2.00 bits per heavy atom. The molecule has 0 amide bonds. The van der Waals surface area contributed by atoms with Gasteiger partial charge in [-0.3, -0.25) is 4.79 Å². The van der Waals surface area contributed by atoms with Crippen molar-refractivity contribution in [1.82, 2.24) is 9.36 Å². The Balaban J connectivity index is 2.01. The topological polar surface area (TPSA) is 81.2 Å². The summed E-state index contributed by atoms with van der Waals surface area (Å²) in [6.07, 6.45) is 0.236. The summed E-state index contributed by atoms with van der Waals surface area (Å²) in [6, 6.07) is 6.88. The highest BCUT2D eigenvalue weighted by Crippen LogP contribution is 2.19. The average Bonchev–Trinajstić information content (AvgIpc) is 2.86. The highest BCUT2D eigenvalue weighted by atomic mass is 32.1. The van der Waals surface area contributed by atoms with Crippen LogP contribution in [-0.4, -0.2) is 27.7 Å². The van der Waals surface area contributed by atoms with Gasteiger partial charge in [0, 0.05) is 17.2 Å². The van der Waals surface area contributed by atoms with Crippen molar-refractivity contribution in [3.63, 3.8) is 0 Å². The number of carbonyl (C=O) groups excluding carboxylic acids is 2. The second-order valence-corrected chi connectivity index (χ2v) is 5.07. The molecule has 0 unspecified atom stereocenters. The molecule has 0 aliphatic heterocycles. The maximum absolute atomic E-state index is 11.5. The smallest absolute Gasteiger partial charge is 0.338 e. The number of ketones is 1. The van der Waals surface area contributed by atoms with Gasteiger partial charge in [-0.1, -0.05) is 0 Å². The fourth-order valence-corrected chi connectivity index (χ4v) is 2.23. The second-order valence-electron chi connectivity index (χ2n) is 4.32. The Morgan fingerprint density at radius 3 is 2.62 bits per heavy atom. The lowest BCUT2D eigenvalue weighted by atomic mass is 10.2. The van der Waals surface area contributed by atoms with Gasteiger partial charge in [-0.25, -0.2) is 9.78 Å². The van der Waals surface area contributed by atoms with E-state index in [0.717, 1.165) is 5.69 Å². The Kier molecular flexibility index (Phi) is 4.99. The summed E-state index contributed by atoms with van der Waals surface area (Å²) in [5.74, 6) is 0.194. The van der Waals surface area contributed by atoms with E-state index in [9.17, 15) is 9.59 Å². The summed E-state index contributed by atoms with van der Waals surface area (Å²) in [6.45, 7) is 3.62. The predicted molar refractivity (Wildman–Crippen MR) is 80.0 cm³/mol. The SMILES string of the molecule is CCOC(=O)c1ccc(Nc2nc(CC(C)=O)ns2)cc1. The number of carbonyl (C=O) groups is 2. The molecule has 1 aromatic carbocycles. The number of nitrogens with one attached hydrogen (secondary N) is 1. The van der Waals surface area contributed by atoms with Gasteiger partial charge in [-0.05, 0) is 38.1 Å². The van der Waals surface area contributed by atoms with Crippen LogP contribution in [0, 0.1) is 0 Å². The minimum atomic E-state index is -0.344. The average molecular weight is 305 g/mol. The lowest BCUT2D eigenvalue weighted by Crippen LogP contribution is -2.04. The molecule has 21 heavy (non-hydrogen) atoms. The first kappa shape index (κ1) is 15.1. The van der Waals surface area contributed by atoms with Crippen LogP contribution >= 0.6 is 11.5 Å². The predicted octanol–water partition coefficient (Wildman–Crippen LogP) is 2.59. The van der Waals surface area contributed by atoms with E-state index in [1.807, 2.05) is 0 Å². The van der Waals surface area contributed by atoms with Crippen LogP contribution in [0.15, 0.2) is 24.3 Å². The summed E-state index contributed by atoms with van der Waals surface area (Å²) in [5.41, 5.74) is 1.28. The molecule has 0 saturated carbocycles. The molecule has 0 aliphatic carbocycles. The van der Waals surface area contributed by atoms with Crippen molar-refractivity contribution in [2.75, 3.05) is 11.9 Å². The molecule has 1 aromatic heterocycles. The van der Waals surface area contributed by atoms with E-state index in [2.05, 4.69) is 14.7 Å². The number of hydrogen-bond donors (Lipinski definition) is 1. The number of aromatic nitrogens is 2. The summed E-state index contributed by atoms with van der Waals surface area (Å²) in [7, 11) is 0. The van der Waals surface area contributed by atoms with Crippen LogP contribution in [-0.2, 0) is 16.0 Å². The minimum absolute atomic E-state index is 0.0261. The maximum Gasteiger partial charge on any atom is 0.338 e. The molecular weight excluding hydrogens is 290 g/mol. The molecule has 6 nitrogen and oxygen atoms in total. The monoisotopic (exact) mass is 305 g/mol. The molecule has 0 saturated heterocycles. The van der Waals surface area contributed by atoms with Gasteiger partial charge < -0.3 is 10.1 Å². The number of ether oxygens (including phenoxy) is 1. The third-order valence-corrected chi connectivity index (χ3v) is 3.19. The largest absolute Gasteiger partial charge is 0.462 e. The van der Waals surface area contributed by atoms with Crippen LogP contribution in [0.3, 0.4) is 0 Å². The number of rotatable bonds is 6. The third-order valence-electron chi connectivity index (χ3n) is 2.52. The van der Waals surface area contributed by atoms with Gasteiger partial charge in [0.1, 0.15) is 5.78 Å². The molecule has 0 fully saturated rings. The van der Waals surface area contributed by atoms with Gasteiger partial charge in [-0.2, -0.15) is 4.37 Å². The molecule has 0 radical (unpaired) electrons. The Labute approximate surface area is 126 Å². The van der Waals surface area contributed by atoms with Crippen molar-refractivity contribution in [2.24, 2.45) is 0 Å². The quantitative estimate of drug-likeness (QED) is 0.826. The Morgan fingerprint density at radius 1 is 1.29 bits per heavy atom. The van der Waals surface area contributed by atoms with E-state index in [0.29, 0.717) is 23.1 Å². The Hall–Kier alpha value is -2.28. The fourth-order valence-electron chi connectivity index (χ4n) is 1.63. The first-order valence-corrected chi connectivity index (χ1v) is 7.22. The van der Waals surface area contributed by atoms with Crippen molar-refractivity contribution in [3.05, 3.63) is 35.7 Å². The molecule has 0 aliphatic rings. The molecule has 0 spiro atoms. The summed E-state index contributed by atoms with van der Waals surface area (Å²) >= 11 is 1.19. The first-order valence-electron chi connectivity index (χ1n) is 6.44. The minimum Gasteiger partial charge on any atom is -0.462 e. The van der Waals surface area contributed by atoms with E-state index in [4.69, 9.17) is 4.74 Å². The van der Waals surface area contributed by atoms with Crippen molar-refractivity contribution in [2.45, 2.75) is 20.3 Å². The van der Waals surface area contributed by atoms with Crippen LogP contribution < -0.4 is 5.32 Å². The Bertz CT molecular complexity index is 637. The van der Waals surface area contributed by atoms with E-state index >= 15 is 0 Å². The van der Waals surface area contributed by atoms with E-state index in [1.54, 1.807) is 31.2 Å². The number of Topliss-reactive ketones (excluding diaryl/α,β-unsaturated/α-hetero) is 1. The molecule has 0 atom stereocenters. The van der Waals surface area contributed by atoms with E-state index < -0.39 is 0 Å². The number of benzene rings is 1. The highest BCUT2D eigenvalue weighted by Gasteiger charge is 2.08. The molecular formula is C14H15N3O3S. The number of esters is 1.